The maximum absolute atomic E-state index is 9.34. The molecule has 0 bridgehead atoms. The molecule has 0 amide bonds. The maximum Gasteiger partial charge on any atom is 0.0611 e. The lowest BCUT2D eigenvalue weighted by Gasteiger charge is -2.32. The van der Waals surface area contributed by atoms with Crippen molar-refractivity contribution in [2.75, 3.05) is 33.3 Å². The highest BCUT2D eigenvalue weighted by atomic mass is 16.3. The van der Waals surface area contributed by atoms with Crippen LogP contribution in [0.5, 0.6) is 0 Å². The number of likely N-dealkylation sites (N-methyl/N-ethyl adjacent to an activating group) is 2. The van der Waals surface area contributed by atoms with Crippen LogP contribution in [0, 0.1) is 0 Å². The van der Waals surface area contributed by atoms with Gasteiger partial charge in [0.1, 0.15) is 0 Å². The lowest BCUT2D eigenvalue weighted by molar-refractivity contribution is 0.150. The summed E-state index contributed by atoms with van der Waals surface area (Å²) in [7, 11) is 2.22. The first-order valence-corrected chi connectivity index (χ1v) is 7.42. The number of nitrogens with zero attached hydrogens (tertiary/aromatic N) is 2. The van der Waals surface area contributed by atoms with Crippen molar-refractivity contribution in [3.8, 4) is 0 Å². The van der Waals surface area contributed by atoms with Crippen LogP contribution < -0.4 is 5.73 Å². The third kappa shape index (κ3) is 3.05. The Morgan fingerprint density at radius 2 is 2.22 bits per heavy atom. The molecule has 2 rings (SSSR count). The second kappa shape index (κ2) is 5.87. The minimum atomic E-state index is -0.320. The molecule has 1 saturated carbocycles. The molecule has 2 aliphatic rings. The molecule has 3 N–H and O–H groups in total. The first-order chi connectivity index (χ1) is 8.58. The van der Waals surface area contributed by atoms with Crippen LogP contribution in [-0.2, 0) is 0 Å². The Kier molecular flexibility index (Phi) is 4.64. The van der Waals surface area contributed by atoms with E-state index in [4.69, 9.17) is 5.73 Å². The molecule has 0 spiro atoms. The standard InChI is InChI=1S/C14H29N3O/c1-3-17-8-4-5-13(17)10-16(2)12-6-7-14(15,9-12)11-18/h12-13,18H,3-11,15H2,1-2H3. The molecule has 4 nitrogen and oxygen atoms in total. The van der Waals surface area contributed by atoms with Gasteiger partial charge in [0.25, 0.3) is 0 Å². The van der Waals surface area contributed by atoms with Crippen LogP contribution in [0.15, 0.2) is 0 Å². The second-order valence-electron chi connectivity index (χ2n) is 6.28. The van der Waals surface area contributed by atoms with Crippen LogP contribution in [-0.4, -0.2) is 65.8 Å². The first-order valence-electron chi connectivity index (χ1n) is 7.42. The summed E-state index contributed by atoms with van der Waals surface area (Å²) in [5.74, 6) is 0. The molecule has 0 aromatic carbocycles. The van der Waals surface area contributed by atoms with Gasteiger partial charge >= 0.3 is 0 Å². The fourth-order valence-electron chi connectivity index (χ4n) is 3.65. The lowest BCUT2D eigenvalue weighted by atomic mass is 10.0. The molecule has 1 heterocycles. The van der Waals surface area contributed by atoms with Crippen molar-refractivity contribution in [2.24, 2.45) is 5.73 Å². The van der Waals surface area contributed by atoms with Crippen molar-refractivity contribution in [1.29, 1.82) is 0 Å². The van der Waals surface area contributed by atoms with E-state index in [2.05, 4.69) is 23.8 Å². The zero-order valence-electron chi connectivity index (χ0n) is 11.9. The van der Waals surface area contributed by atoms with Crippen molar-refractivity contribution >= 4 is 0 Å². The quantitative estimate of drug-likeness (QED) is 0.757. The molecule has 3 atom stereocenters. The maximum atomic E-state index is 9.34. The van der Waals surface area contributed by atoms with Gasteiger partial charge in [-0.1, -0.05) is 6.92 Å². The lowest BCUT2D eigenvalue weighted by Crippen LogP contribution is -2.45. The number of likely N-dealkylation sites (tertiary alicyclic amines) is 1. The average molecular weight is 255 g/mol. The molecule has 18 heavy (non-hydrogen) atoms. The molecule has 0 aromatic rings. The van der Waals surface area contributed by atoms with Gasteiger partial charge in [-0.3, -0.25) is 4.90 Å². The molecular formula is C14H29N3O. The highest BCUT2D eigenvalue weighted by Crippen LogP contribution is 2.31. The van der Waals surface area contributed by atoms with E-state index in [1.165, 1.54) is 25.9 Å². The Bertz CT molecular complexity index is 274. The Morgan fingerprint density at radius 1 is 1.44 bits per heavy atom. The summed E-state index contributed by atoms with van der Waals surface area (Å²) in [6, 6.07) is 1.28. The molecule has 1 saturated heterocycles. The average Bonchev–Trinajstić information content (AvgIpc) is 2.96. The Morgan fingerprint density at radius 3 is 2.83 bits per heavy atom. The molecule has 0 aromatic heterocycles. The molecular weight excluding hydrogens is 226 g/mol. The van der Waals surface area contributed by atoms with Gasteiger partial charge in [0.15, 0.2) is 0 Å². The smallest absolute Gasteiger partial charge is 0.0611 e. The third-order valence-corrected chi connectivity index (χ3v) is 4.96. The molecule has 2 fully saturated rings. The Balaban J connectivity index is 1.83. The van der Waals surface area contributed by atoms with E-state index in [0.717, 1.165) is 31.8 Å². The topological polar surface area (TPSA) is 52.7 Å². The van der Waals surface area contributed by atoms with Gasteiger partial charge in [0, 0.05) is 24.2 Å². The van der Waals surface area contributed by atoms with Crippen LogP contribution in [0.1, 0.15) is 39.0 Å². The van der Waals surface area contributed by atoms with E-state index in [-0.39, 0.29) is 12.1 Å². The van der Waals surface area contributed by atoms with Gasteiger partial charge < -0.3 is 15.7 Å². The second-order valence-corrected chi connectivity index (χ2v) is 6.28. The predicted molar refractivity (Wildman–Crippen MR) is 74.5 cm³/mol. The predicted octanol–water partition coefficient (Wildman–Crippen LogP) is 0.645. The number of aliphatic hydroxyl groups is 1. The van der Waals surface area contributed by atoms with Crippen LogP contribution >= 0.6 is 0 Å². The highest BCUT2D eigenvalue weighted by molar-refractivity contribution is 4.97. The fourth-order valence-corrected chi connectivity index (χ4v) is 3.65. The molecule has 3 unspecified atom stereocenters. The Hall–Kier alpha value is -0.160. The molecule has 1 aliphatic carbocycles. The number of nitrogens with two attached hydrogens (primary N) is 1. The van der Waals surface area contributed by atoms with Crippen molar-refractivity contribution in [3.63, 3.8) is 0 Å². The van der Waals surface area contributed by atoms with Gasteiger partial charge in [-0.25, -0.2) is 0 Å². The normalized spacial score (nSPS) is 37.8. The van der Waals surface area contributed by atoms with Crippen LogP contribution in [0.3, 0.4) is 0 Å². The molecule has 4 heteroatoms. The largest absolute Gasteiger partial charge is 0.394 e. The van der Waals surface area contributed by atoms with Gasteiger partial charge in [0.05, 0.1) is 6.61 Å². The van der Waals surface area contributed by atoms with E-state index in [1.807, 2.05) is 0 Å². The van der Waals surface area contributed by atoms with Gasteiger partial charge in [-0.15, -0.1) is 0 Å². The first kappa shape index (κ1) is 14.3. The monoisotopic (exact) mass is 255 g/mol. The summed E-state index contributed by atoms with van der Waals surface area (Å²) >= 11 is 0. The number of hydrogen-bond donors (Lipinski definition) is 2. The molecule has 1 aliphatic heterocycles. The van der Waals surface area contributed by atoms with Crippen LogP contribution in [0.4, 0.5) is 0 Å². The number of aliphatic hydroxyl groups excluding tert-OH is 1. The van der Waals surface area contributed by atoms with Crippen molar-refractivity contribution in [3.05, 3.63) is 0 Å². The Labute approximate surface area is 111 Å². The number of rotatable bonds is 5. The van der Waals surface area contributed by atoms with Crippen LogP contribution in [0.2, 0.25) is 0 Å². The van der Waals surface area contributed by atoms with Crippen molar-refractivity contribution in [2.45, 2.75) is 56.7 Å². The van der Waals surface area contributed by atoms with Gasteiger partial charge in [-0.2, -0.15) is 0 Å². The summed E-state index contributed by atoms with van der Waals surface area (Å²) in [5.41, 5.74) is 5.84. The zero-order chi connectivity index (χ0) is 13.2. The summed E-state index contributed by atoms with van der Waals surface area (Å²) in [4.78, 5) is 5.07. The van der Waals surface area contributed by atoms with E-state index in [9.17, 15) is 5.11 Å². The summed E-state index contributed by atoms with van der Waals surface area (Å²) in [6.45, 7) is 5.96. The van der Waals surface area contributed by atoms with E-state index >= 15 is 0 Å². The van der Waals surface area contributed by atoms with Crippen molar-refractivity contribution < 1.29 is 5.11 Å². The molecule has 106 valence electrons. The SMILES string of the molecule is CCN1CCCC1CN(C)C1CCC(N)(CO)C1. The van der Waals surface area contributed by atoms with E-state index in [0.29, 0.717) is 6.04 Å². The van der Waals surface area contributed by atoms with E-state index < -0.39 is 0 Å². The summed E-state index contributed by atoms with van der Waals surface area (Å²) < 4.78 is 0. The minimum Gasteiger partial charge on any atom is -0.394 e. The third-order valence-electron chi connectivity index (χ3n) is 4.96. The van der Waals surface area contributed by atoms with E-state index in [1.54, 1.807) is 0 Å². The highest BCUT2D eigenvalue weighted by Gasteiger charge is 2.37. The minimum absolute atomic E-state index is 0.127. The summed E-state index contributed by atoms with van der Waals surface area (Å²) in [5, 5.41) is 9.34. The van der Waals surface area contributed by atoms with Crippen LogP contribution in [0.25, 0.3) is 0 Å². The van der Waals surface area contributed by atoms with Crippen molar-refractivity contribution in [1.82, 2.24) is 9.80 Å². The molecule has 0 radical (unpaired) electrons. The number of hydrogen-bond acceptors (Lipinski definition) is 4. The zero-order valence-corrected chi connectivity index (χ0v) is 11.9. The van der Waals surface area contributed by atoms with Gasteiger partial charge in [0.2, 0.25) is 0 Å². The van der Waals surface area contributed by atoms with Gasteiger partial charge in [-0.05, 0) is 52.2 Å². The summed E-state index contributed by atoms with van der Waals surface area (Å²) in [6.07, 6.45) is 5.71. The fraction of sp³-hybridized carbons (Fsp3) is 1.00.